The average Bonchev–Trinajstić information content (AvgIpc) is 3.16. The molecule has 1 saturated carbocycles. The van der Waals surface area contributed by atoms with Crippen LogP contribution in [0.1, 0.15) is 57.4 Å². The molecule has 2 fully saturated rings. The minimum absolute atomic E-state index is 0.00684. The molecule has 1 aromatic rings. The van der Waals surface area contributed by atoms with Gasteiger partial charge in [-0.05, 0) is 50.2 Å². The molecule has 1 spiro atoms. The Balaban J connectivity index is 1.65. The predicted octanol–water partition coefficient (Wildman–Crippen LogP) is 2.83. The van der Waals surface area contributed by atoms with Crippen LogP contribution in [0.15, 0.2) is 24.3 Å². The fourth-order valence-corrected chi connectivity index (χ4v) is 5.30. The van der Waals surface area contributed by atoms with Crippen molar-refractivity contribution in [2.24, 2.45) is 5.92 Å². The molecule has 0 bridgehead atoms. The first kappa shape index (κ1) is 17.5. The highest BCUT2D eigenvalue weighted by molar-refractivity contribution is 6.07. The van der Waals surface area contributed by atoms with E-state index in [1.807, 2.05) is 29.2 Å². The largest absolute Gasteiger partial charge is 0.393 e. The lowest BCUT2D eigenvalue weighted by Gasteiger charge is -2.36. The molecule has 5 nitrogen and oxygen atoms in total. The van der Waals surface area contributed by atoms with Gasteiger partial charge in [0.1, 0.15) is 0 Å². The molecular weight excluding hydrogens is 328 g/mol. The lowest BCUT2D eigenvalue weighted by molar-refractivity contribution is -0.139. The van der Waals surface area contributed by atoms with Gasteiger partial charge in [0.2, 0.25) is 11.8 Å². The van der Waals surface area contributed by atoms with Gasteiger partial charge < -0.3 is 15.3 Å². The molecule has 0 aromatic heterocycles. The number of anilines is 1. The van der Waals surface area contributed by atoms with Gasteiger partial charge in [-0.3, -0.25) is 9.59 Å². The van der Waals surface area contributed by atoms with Crippen LogP contribution >= 0.6 is 0 Å². The van der Waals surface area contributed by atoms with Gasteiger partial charge in [0, 0.05) is 18.2 Å². The summed E-state index contributed by atoms with van der Waals surface area (Å²) >= 11 is 0. The third-order valence-corrected chi connectivity index (χ3v) is 6.64. The SMILES string of the molecule is CCC[C@@H]1N(C(=O)C2CCC(O)CC2)CC[C@@]12C(=O)Nc1ccccc12. The summed E-state index contributed by atoms with van der Waals surface area (Å²) in [5, 5.41) is 12.8. The number of hydrogen-bond donors (Lipinski definition) is 2. The molecule has 1 aliphatic carbocycles. The number of para-hydroxylation sites is 1. The van der Waals surface area contributed by atoms with E-state index in [0.717, 1.165) is 36.9 Å². The molecule has 26 heavy (non-hydrogen) atoms. The van der Waals surface area contributed by atoms with Crippen LogP contribution in [0.4, 0.5) is 5.69 Å². The Labute approximate surface area is 154 Å². The monoisotopic (exact) mass is 356 g/mol. The molecule has 140 valence electrons. The highest BCUT2D eigenvalue weighted by atomic mass is 16.3. The summed E-state index contributed by atoms with van der Waals surface area (Å²) in [6, 6.07) is 7.85. The van der Waals surface area contributed by atoms with Crippen molar-refractivity contribution in [2.45, 2.75) is 69.4 Å². The Morgan fingerprint density at radius 2 is 2.00 bits per heavy atom. The summed E-state index contributed by atoms with van der Waals surface area (Å²) in [5.41, 5.74) is 1.35. The van der Waals surface area contributed by atoms with E-state index in [9.17, 15) is 14.7 Å². The minimum atomic E-state index is -0.601. The number of rotatable bonds is 3. The number of nitrogens with one attached hydrogen (secondary N) is 1. The highest BCUT2D eigenvalue weighted by Gasteiger charge is 2.58. The average molecular weight is 356 g/mol. The van der Waals surface area contributed by atoms with Gasteiger partial charge in [-0.1, -0.05) is 31.5 Å². The second kappa shape index (κ2) is 6.69. The summed E-state index contributed by atoms with van der Waals surface area (Å²) < 4.78 is 0. The first-order valence-corrected chi connectivity index (χ1v) is 9.97. The fraction of sp³-hybridized carbons (Fsp3) is 0.619. The van der Waals surface area contributed by atoms with Crippen molar-refractivity contribution in [3.05, 3.63) is 29.8 Å². The zero-order valence-electron chi connectivity index (χ0n) is 15.4. The number of fused-ring (bicyclic) bond motifs is 2. The summed E-state index contributed by atoms with van der Waals surface area (Å²) in [7, 11) is 0. The van der Waals surface area contributed by atoms with Crippen molar-refractivity contribution in [1.82, 2.24) is 4.90 Å². The maximum atomic E-state index is 13.3. The van der Waals surface area contributed by atoms with Crippen molar-refractivity contribution in [3.63, 3.8) is 0 Å². The second-order valence-corrected chi connectivity index (χ2v) is 8.06. The smallest absolute Gasteiger partial charge is 0.237 e. The van der Waals surface area contributed by atoms with Crippen LogP contribution in [0.3, 0.4) is 0 Å². The van der Waals surface area contributed by atoms with E-state index in [0.29, 0.717) is 25.8 Å². The van der Waals surface area contributed by atoms with E-state index in [4.69, 9.17) is 0 Å². The first-order chi connectivity index (χ1) is 12.6. The van der Waals surface area contributed by atoms with Crippen LogP contribution in [0.2, 0.25) is 0 Å². The number of hydrogen-bond acceptors (Lipinski definition) is 3. The van der Waals surface area contributed by atoms with Crippen molar-refractivity contribution >= 4 is 17.5 Å². The number of aliphatic hydroxyl groups excluding tert-OH is 1. The van der Waals surface area contributed by atoms with Gasteiger partial charge in [-0.25, -0.2) is 0 Å². The normalized spacial score (nSPS) is 33.4. The van der Waals surface area contributed by atoms with Gasteiger partial charge in [0.25, 0.3) is 0 Å². The molecular formula is C21H28N2O3. The van der Waals surface area contributed by atoms with Gasteiger partial charge in [-0.15, -0.1) is 0 Å². The van der Waals surface area contributed by atoms with Crippen LogP contribution in [-0.4, -0.2) is 40.5 Å². The molecule has 2 atom stereocenters. The Hall–Kier alpha value is -1.88. The Morgan fingerprint density at radius 3 is 2.73 bits per heavy atom. The van der Waals surface area contributed by atoms with E-state index >= 15 is 0 Å². The fourth-order valence-electron chi connectivity index (χ4n) is 5.30. The molecule has 2 aliphatic heterocycles. The second-order valence-electron chi connectivity index (χ2n) is 8.06. The van der Waals surface area contributed by atoms with Crippen molar-refractivity contribution in [3.8, 4) is 0 Å². The molecule has 2 heterocycles. The van der Waals surface area contributed by atoms with Gasteiger partial charge in [0.05, 0.1) is 17.6 Å². The maximum Gasteiger partial charge on any atom is 0.237 e. The third-order valence-electron chi connectivity index (χ3n) is 6.64. The molecule has 0 radical (unpaired) electrons. The maximum absolute atomic E-state index is 13.3. The number of benzene rings is 1. The molecule has 2 amide bonds. The molecule has 2 N–H and O–H groups in total. The van der Waals surface area contributed by atoms with Gasteiger partial charge in [-0.2, -0.15) is 0 Å². The lowest BCUT2D eigenvalue weighted by atomic mass is 9.73. The summed E-state index contributed by atoms with van der Waals surface area (Å²) in [4.78, 5) is 28.3. The molecule has 4 rings (SSSR count). The van der Waals surface area contributed by atoms with Crippen molar-refractivity contribution in [1.29, 1.82) is 0 Å². The summed E-state index contributed by atoms with van der Waals surface area (Å²) in [6.45, 7) is 2.76. The zero-order valence-corrected chi connectivity index (χ0v) is 15.4. The third kappa shape index (κ3) is 2.56. The van der Waals surface area contributed by atoms with E-state index in [-0.39, 0.29) is 29.9 Å². The number of aliphatic hydroxyl groups is 1. The number of amides is 2. The minimum Gasteiger partial charge on any atom is -0.393 e. The zero-order chi connectivity index (χ0) is 18.3. The predicted molar refractivity (Wildman–Crippen MR) is 99.7 cm³/mol. The summed E-state index contributed by atoms with van der Waals surface area (Å²) in [5.74, 6) is 0.225. The summed E-state index contributed by atoms with van der Waals surface area (Å²) in [6.07, 6.45) is 5.13. The lowest BCUT2D eigenvalue weighted by Crippen LogP contribution is -2.50. The number of nitrogens with zero attached hydrogens (tertiary/aromatic N) is 1. The number of carbonyl (C=O) groups excluding carboxylic acids is 2. The van der Waals surface area contributed by atoms with E-state index in [1.54, 1.807) is 0 Å². The van der Waals surface area contributed by atoms with E-state index < -0.39 is 5.41 Å². The number of carbonyl (C=O) groups is 2. The number of likely N-dealkylation sites (tertiary alicyclic amines) is 1. The Kier molecular flexibility index (Phi) is 4.51. The van der Waals surface area contributed by atoms with Crippen molar-refractivity contribution in [2.75, 3.05) is 11.9 Å². The topological polar surface area (TPSA) is 69.6 Å². The molecule has 5 heteroatoms. The van der Waals surface area contributed by atoms with E-state index in [1.165, 1.54) is 0 Å². The Bertz CT molecular complexity index is 711. The molecule has 1 aromatic carbocycles. The van der Waals surface area contributed by atoms with Crippen molar-refractivity contribution < 1.29 is 14.7 Å². The van der Waals surface area contributed by atoms with E-state index in [2.05, 4.69) is 12.2 Å². The quantitative estimate of drug-likeness (QED) is 0.875. The highest BCUT2D eigenvalue weighted by Crippen LogP contribution is 2.50. The van der Waals surface area contributed by atoms with Crippen LogP contribution < -0.4 is 5.32 Å². The first-order valence-electron chi connectivity index (χ1n) is 9.97. The standard InChI is InChI=1S/C21H28N2O3/c1-2-5-18-21(16-6-3-4-7-17(16)22-20(21)26)12-13-23(18)19(25)14-8-10-15(24)11-9-14/h3-4,6-7,14-15,18,24H,2,5,8-13H2,1H3,(H,22,26)/t14?,15?,18-,21-/m0/s1. The molecule has 1 saturated heterocycles. The van der Waals surface area contributed by atoms with Crippen LogP contribution in [0.25, 0.3) is 0 Å². The van der Waals surface area contributed by atoms with Crippen LogP contribution in [0.5, 0.6) is 0 Å². The van der Waals surface area contributed by atoms with Crippen LogP contribution in [0, 0.1) is 5.92 Å². The van der Waals surface area contributed by atoms with Gasteiger partial charge >= 0.3 is 0 Å². The molecule has 3 aliphatic rings. The van der Waals surface area contributed by atoms with Crippen LogP contribution in [-0.2, 0) is 15.0 Å². The molecule has 0 unspecified atom stereocenters. The van der Waals surface area contributed by atoms with Gasteiger partial charge in [0.15, 0.2) is 0 Å². The Morgan fingerprint density at radius 1 is 1.27 bits per heavy atom.